The van der Waals surface area contributed by atoms with Crippen LogP contribution >= 0.6 is 0 Å². The number of esters is 1. The molecular weight excluding hydrogens is 342 g/mol. The van der Waals surface area contributed by atoms with E-state index in [1.807, 2.05) is 73.7 Å². The molecule has 140 valence electrons. The second-order valence-corrected chi connectivity index (χ2v) is 6.54. The van der Waals surface area contributed by atoms with Crippen molar-refractivity contribution in [2.45, 2.75) is 32.0 Å². The van der Waals surface area contributed by atoms with Crippen molar-refractivity contribution in [3.63, 3.8) is 0 Å². The van der Waals surface area contributed by atoms with Gasteiger partial charge in [-0.3, -0.25) is 4.79 Å². The van der Waals surface area contributed by atoms with Crippen LogP contribution in [0.1, 0.15) is 19.4 Å². The van der Waals surface area contributed by atoms with Gasteiger partial charge in [-0.2, -0.15) is 0 Å². The molecule has 0 N–H and O–H groups in total. The zero-order valence-electron chi connectivity index (χ0n) is 15.7. The zero-order valence-corrected chi connectivity index (χ0v) is 15.7. The summed E-state index contributed by atoms with van der Waals surface area (Å²) in [4.78, 5) is 26.3. The monoisotopic (exact) mass is 365 g/mol. The Bertz CT molecular complexity index is 832. The van der Waals surface area contributed by atoms with Gasteiger partial charge in [0.05, 0.1) is 7.11 Å². The minimum absolute atomic E-state index is 0.220. The number of carbonyl (C=O) groups excluding carboxylic acids is 2. The van der Waals surface area contributed by atoms with Crippen LogP contribution < -0.4 is 4.74 Å². The molecule has 5 nitrogen and oxygen atoms in total. The Morgan fingerprint density at radius 3 is 2.26 bits per heavy atom. The van der Waals surface area contributed by atoms with E-state index >= 15 is 0 Å². The van der Waals surface area contributed by atoms with Gasteiger partial charge in [0.2, 0.25) is 6.10 Å². The summed E-state index contributed by atoms with van der Waals surface area (Å²) in [7, 11) is 1.32. The first-order chi connectivity index (χ1) is 13.0. The van der Waals surface area contributed by atoms with Crippen LogP contribution in [-0.2, 0) is 14.3 Å². The second kappa shape index (κ2) is 8.08. The third kappa shape index (κ3) is 3.87. The molecule has 2 aromatic rings. The summed E-state index contributed by atoms with van der Waals surface area (Å²) in [5, 5.41) is 0. The minimum atomic E-state index is -0.678. The number of carbonyl (C=O) groups is 2. The Hall–Kier alpha value is -3.08. The molecule has 0 aromatic heterocycles. The maximum Gasteiger partial charge on any atom is 0.328 e. The number of likely N-dealkylation sites (tertiary alicyclic amines) is 1. The number of hydrogen-bond donors (Lipinski definition) is 0. The van der Waals surface area contributed by atoms with E-state index in [0.717, 1.165) is 11.1 Å². The minimum Gasteiger partial charge on any atom is -0.478 e. The van der Waals surface area contributed by atoms with Crippen LogP contribution in [-0.4, -0.2) is 42.1 Å². The number of ether oxygens (including phenoxy) is 2. The molecule has 1 heterocycles. The van der Waals surface area contributed by atoms with Crippen molar-refractivity contribution < 1.29 is 19.1 Å². The summed E-state index contributed by atoms with van der Waals surface area (Å²) in [5.41, 5.74) is 1.97. The topological polar surface area (TPSA) is 55.8 Å². The lowest BCUT2D eigenvalue weighted by Crippen LogP contribution is -2.70. The van der Waals surface area contributed by atoms with Crippen LogP contribution in [0, 0.1) is 0 Å². The van der Waals surface area contributed by atoms with E-state index < -0.39 is 18.1 Å². The highest BCUT2D eigenvalue weighted by molar-refractivity contribution is 5.94. The molecule has 5 heteroatoms. The first-order valence-corrected chi connectivity index (χ1v) is 8.88. The van der Waals surface area contributed by atoms with E-state index in [9.17, 15) is 9.59 Å². The summed E-state index contributed by atoms with van der Waals surface area (Å²) < 4.78 is 10.8. The fraction of sp³-hybridized carbons (Fsp3) is 0.273. The highest BCUT2D eigenvalue weighted by Crippen LogP contribution is 2.33. The molecule has 27 heavy (non-hydrogen) atoms. The first kappa shape index (κ1) is 18.7. The first-order valence-electron chi connectivity index (χ1n) is 8.88. The van der Waals surface area contributed by atoms with Gasteiger partial charge in [-0.25, -0.2) is 4.79 Å². The number of benzene rings is 2. The van der Waals surface area contributed by atoms with E-state index in [2.05, 4.69) is 0 Å². The molecule has 1 aliphatic heterocycles. The quantitative estimate of drug-likeness (QED) is 0.582. The van der Waals surface area contributed by atoms with E-state index in [0.29, 0.717) is 5.75 Å². The molecule has 2 aromatic carbocycles. The lowest BCUT2D eigenvalue weighted by Gasteiger charge is -2.49. The summed E-state index contributed by atoms with van der Waals surface area (Å²) in [6, 6.07) is 18.1. The van der Waals surface area contributed by atoms with Crippen molar-refractivity contribution in [3.05, 3.63) is 71.8 Å². The number of amides is 1. The molecule has 3 rings (SSSR count). The molecule has 1 saturated heterocycles. The summed E-state index contributed by atoms with van der Waals surface area (Å²) in [6.07, 6.45) is 1.34. The Morgan fingerprint density at radius 2 is 1.67 bits per heavy atom. The van der Waals surface area contributed by atoms with Gasteiger partial charge in [0.25, 0.3) is 5.91 Å². The van der Waals surface area contributed by atoms with Gasteiger partial charge < -0.3 is 14.4 Å². The van der Waals surface area contributed by atoms with Crippen molar-refractivity contribution in [2.75, 3.05) is 7.11 Å². The Balaban J connectivity index is 1.89. The van der Waals surface area contributed by atoms with Gasteiger partial charge >= 0.3 is 5.97 Å². The predicted molar refractivity (Wildman–Crippen MR) is 103 cm³/mol. The smallest absolute Gasteiger partial charge is 0.328 e. The van der Waals surface area contributed by atoms with Gasteiger partial charge in [-0.05, 0) is 37.1 Å². The molecule has 0 aliphatic carbocycles. The highest BCUT2D eigenvalue weighted by atomic mass is 16.5. The SMILES string of the molecule is COC(=O)C(C)N1C(=O)[C@H](Oc2ccccc2)[C@@H]1/C(C)=C/c1ccccc1. The maximum atomic E-state index is 12.8. The van der Waals surface area contributed by atoms with E-state index in [1.54, 1.807) is 6.92 Å². The fourth-order valence-corrected chi connectivity index (χ4v) is 3.31. The molecule has 1 aliphatic rings. The molecule has 1 fully saturated rings. The van der Waals surface area contributed by atoms with Gasteiger partial charge in [-0.15, -0.1) is 0 Å². The third-order valence-electron chi connectivity index (χ3n) is 4.71. The summed E-state index contributed by atoms with van der Waals surface area (Å²) >= 11 is 0. The van der Waals surface area contributed by atoms with Crippen LogP contribution in [0.15, 0.2) is 66.2 Å². The Kier molecular flexibility index (Phi) is 5.60. The van der Waals surface area contributed by atoms with Crippen molar-refractivity contribution in [1.29, 1.82) is 0 Å². The number of β-lactam (4-membered cyclic amide) rings is 1. The van der Waals surface area contributed by atoms with Crippen LogP contribution in [0.4, 0.5) is 0 Å². The van der Waals surface area contributed by atoms with E-state index in [1.165, 1.54) is 12.0 Å². The lowest BCUT2D eigenvalue weighted by molar-refractivity contribution is -0.172. The van der Waals surface area contributed by atoms with Gasteiger partial charge in [0.1, 0.15) is 17.8 Å². The Morgan fingerprint density at radius 1 is 1.07 bits per heavy atom. The van der Waals surface area contributed by atoms with E-state index in [-0.39, 0.29) is 11.9 Å². The molecule has 1 unspecified atom stereocenters. The largest absolute Gasteiger partial charge is 0.478 e. The average molecular weight is 365 g/mol. The average Bonchev–Trinajstić information content (AvgIpc) is 2.70. The number of methoxy groups -OCH3 is 1. The molecule has 0 bridgehead atoms. The molecule has 1 amide bonds. The normalized spacial score (nSPS) is 20.6. The maximum absolute atomic E-state index is 12.8. The van der Waals surface area contributed by atoms with Crippen LogP contribution in [0.2, 0.25) is 0 Å². The molecule has 0 spiro atoms. The van der Waals surface area contributed by atoms with Crippen molar-refractivity contribution in [3.8, 4) is 5.75 Å². The van der Waals surface area contributed by atoms with Crippen LogP contribution in [0.3, 0.4) is 0 Å². The molecule has 0 radical (unpaired) electrons. The van der Waals surface area contributed by atoms with Gasteiger partial charge in [0.15, 0.2) is 0 Å². The van der Waals surface area contributed by atoms with Gasteiger partial charge in [0, 0.05) is 0 Å². The van der Waals surface area contributed by atoms with Crippen molar-refractivity contribution in [1.82, 2.24) is 4.90 Å². The number of nitrogens with zero attached hydrogens (tertiary/aromatic N) is 1. The van der Waals surface area contributed by atoms with E-state index in [4.69, 9.17) is 9.47 Å². The zero-order chi connectivity index (χ0) is 19.4. The molecular formula is C22H23NO4. The summed E-state index contributed by atoms with van der Waals surface area (Å²) in [5.74, 6) is -0.0414. The molecule has 3 atom stereocenters. The van der Waals surface area contributed by atoms with Crippen molar-refractivity contribution >= 4 is 18.0 Å². The number of para-hydroxylation sites is 1. The summed E-state index contributed by atoms with van der Waals surface area (Å²) in [6.45, 7) is 3.62. The Labute approximate surface area is 159 Å². The number of rotatable bonds is 6. The second-order valence-electron chi connectivity index (χ2n) is 6.54. The van der Waals surface area contributed by atoms with Gasteiger partial charge in [-0.1, -0.05) is 54.6 Å². The van der Waals surface area contributed by atoms with Crippen LogP contribution in [0.25, 0.3) is 6.08 Å². The third-order valence-corrected chi connectivity index (χ3v) is 4.71. The predicted octanol–water partition coefficient (Wildman–Crippen LogP) is 3.31. The highest BCUT2D eigenvalue weighted by Gasteiger charge is 2.53. The fourth-order valence-electron chi connectivity index (χ4n) is 3.31. The molecule has 0 saturated carbocycles. The van der Waals surface area contributed by atoms with Crippen molar-refractivity contribution in [2.24, 2.45) is 0 Å². The number of hydrogen-bond acceptors (Lipinski definition) is 4. The standard InChI is InChI=1S/C22H23NO4/c1-15(14-17-10-6-4-7-11-17)19-20(27-18-12-8-5-9-13-18)21(24)23(19)16(2)22(25)26-3/h4-14,16,19-20H,1-3H3/b15-14+/t16?,19-,20+/m0/s1. The lowest BCUT2D eigenvalue weighted by atomic mass is 9.88. The van der Waals surface area contributed by atoms with Crippen LogP contribution in [0.5, 0.6) is 5.75 Å².